The quantitative estimate of drug-likeness (QED) is 0.720. The van der Waals surface area contributed by atoms with E-state index in [0.717, 1.165) is 32.1 Å². The molecule has 2 aromatic rings. The maximum absolute atomic E-state index is 13.8. The van der Waals surface area contributed by atoms with Crippen molar-refractivity contribution in [2.45, 2.75) is 62.7 Å². The van der Waals surface area contributed by atoms with Crippen molar-refractivity contribution in [3.63, 3.8) is 0 Å². The molecule has 1 amide bonds. The molecule has 0 spiro atoms. The van der Waals surface area contributed by atoms with Crippen molar-refractivity contribution >= 4 is 22.5 Å². The average Bonchev–Trinajstić information content (AvgIpc) is 2.77. The van der Waals surface area contributed by atoms with Crippen LogP contribution < -0.4 is 16.0 Å². The largest absolute Gasteiger partial charge is 0.393 e. The number of piperidine rings is 1. The minimum absolute atomic E-state index is 0.129. The van der Waals surface area contributed by atoms with Crippen molar-refractivity contribution in [3.05, 3.63) is 36.0 Å². The van der Waals surface area contributed by atoms with Crippen LogP contribution in [0.25, 0.3) is 10.9 Å². The minimum Gasteiger partial charge on any atom is -0.368 e. The number of nitrogens with one attached hydrogen (secondary N) is 1. The maximum Gasteiger partial charge on any atom is 0.393 e. The van der Waals surface area contributed by atoms with Gasteiger partial charge in [0.15, 0.2) is 0 Å². The topological polar surface area (TPSA) is 95.0 Å². The Morgan fingerprint density at radius 1 is 1.24 bits per heavy atom. The van der Waals surface area contributed by atoms with Crippen LogP contribution in [-0.4, -0.2) is 41.7 Å². The number of nitrogens with zero attached hydrogens (tertiary/aromatic N) is 3. The van der Waals surface area contributed by atoms with Gasteiger partial charge in [-0.05, 0) is 43.5 Å². The highest BCUT2D eigenvalue weighted by atomic mass is 19.4. The van der Waals surface area contributed by atoms with Crippen molar-refractivity contribution in [1.29, 1.82) is 5.26 Å². The molecule has 1 aromatic heterocycles. The zero-order valence-corrected chi connectivity index (χ0v) is 18.4. The Labute approximate surface area is 190 Å². The average molecular weight is 460 g/mol. The van der Waals surface area contributed by atoms with Gasteiger partial charge in [0.05, 0.1) is 17.0 Å². The highest BCUT2D eigenvalue weighted by molar-refractivity contribution is 5.95. The summed E-state index contributed by atoms with van der Waals surface area (Å²) in [5, 5.41) is 12.8. The van der Waals surface area contributed by atoms with Gasteiger partial charge in [0.25, 0.3) is 0 Å². The number of pyridine rings is 1. The Bertz CT molecular complexity index is 1060. The number of nitriles is 1. The van der Waals surface area contributed by atoms with Gasteiger partial charge in [-0.3, -0.25) is 9.78 Å². The number of benzene rings is 1. The van der Waals surface area contributed by atoms with Crippen LogP contribution in [0.3, 0.4) is 0 Å². The third-order valence-electron chi connectivity index (χ3n) is 6.85. The summed E-state index contributed by atoms with van der Waals surface area (Å²) in [5.74, 6) is -1.88. The van der Waals surface area contributed by atoms with Crippen molar-refractivity contribution in [1.82, 2.24) is 10.3 Å². The zero-order valence-electron chi connectivity index (χ0n) is 18.4. The molecule has 1 aromatic carbocycles. The first kappa shape index (κ1) is 23.3. The Kier molecular flexibility index (Phi) is 6.48. The van der Waals surface area contributed by atoms with Crippen LogP contribution in [0.5, 0.6) is 0 Å². The Balaban J connectivity index is 1.58. The van der Waals surface area contributed by atoms with Gasteiger partial charge in [-0.15, -0.1) is 0 Å². The molecule has 1 aliphatic carbocycles. The second-order valence-corrected chi connectivity index (χ2v) is 9.39. The second-order valence-electron chi connectivity index (χ2n) is 9.39. The maximum atomic E-state index is 13.8. The van der Waals surface area contributed by atoms with Crippen LogP contribution in [0.4, 0.5) is 18.9 Å². The lowest BCUT2D eigenvalue weighted by atomic mass is 9.80. The van der Waals surface area contributed by atoms with E-state index < -0.39 is 23.7 Å². The van der Waals surface area contributed by atoms with Crippen LogP contribution in [-0.2, 0) is 4.79 Å². The molecule has 1 aliphatic heterocycles. The van der Waals surface area contributed by atoms with E-state index in [1.165, 1.54) is 0 Å². The molecule has 33 heavy (non-hydrogen) atoms. The van der Waals surface area contributed by atoms with Crippen molar-refractivity contribution in [3.8, 4) is 6.07 Å². The molecule has 9 heteroatoms. The van der Waals surface area contributed by atoms with Crippen LogP contribution in [0.15, 0.2) is 30.5 Å². The highest BCUT2D eigenvalue weighted by Gasteiger charge is 2.45. The van der Waals surface area contributed by atoms with E-state index in [9.17, 15) is 23.2 Å². The van der Waals surface area contributed by atoms with Crippen molar-refractivity contribution < 1.29 is 18.0 Å². The highest BCUT2D eigenvalue weighted by Crippen LogP contribution is 2.37. The fourth-order valence-electron chi connectivity index (χ4n) is 5.19. The van der Waals surface area contributed by atoms with E-state index in [-0.39, 0.29) is 31.8 Å². The summed E-state index contributed by atoms with van der Waals surface area (Å²) in [4.78, 5) is 18.7. The third kappa shape index (κ3) is 5.22. The van der Waals surface area contributed by atoms with Crippen molar-refractivity contribution in [2.75, 3.05) is 18.0 Å². The number of carbonyl (C=O) groups is 1. The number of rotatable bonds is 4. The third-order valence-corrected chi connectivity index (χ3v) is 6.85. The summed E-state index contributed by atoms with van der Waals surface area (Å²) in [6.07, 6.45) is 1.67. The predicted molar refractivity (Wildman–Crippen MR) is 119 cm³/mol. The number of nitrogens with two attached hydrogens (primary N) is 1. The summed E-state index contributed by atoms with van der Waals surface area (Å²) in [7, 11) is 0. The van der Waals surface area contributed by atoms with Gasteiger partial charge >= 0.3 is 6.18 Å². The van der Waals surface area contributed by atoms with Gasteiger partial charge in [0.2, 0.25) is 5.91 Å². The molecule has 1 saturated carbocycles. The number of alkyl halides is 3. The monoisotopic (exact) mass is 459 g/mol. The molecule has 6 nitrogen and oxygen atoms in total. The molecule has 3 N–H and O–H groups in total. The number of aromatic nitrogens is 1. The van der Waals surface area contributed by atoms with E-state index in [4.69, 9.17) is 5.73 Å². The molecule has 0 bridgehead atoms. The molecule has 0 radical (unpaired) electrons. The molecule has 1 saturated heterocycles. The molecular weight excluding hydrogens is 431 g/mol. The standard InChI is InChI=1S/C24H28F3N5O/c25-24(26,27)17-11-18(31-21(33)12-23(29)8-2-1-3-9-23)15-32(14-17)20-7-6-16(13-28)22-19(20)5-4-10-30-22/h4-7,10,17-18H,1-3,8-9,11-12,14-15,29H2,(H,31,33). The van der Waals surface area contributed by atoms with Gasteiger partial charge < -0.3 is 16.0 Å². The van der Waals surface area contributed by atoms with Crippen LogP contribution >= 0.6 is 0 Å². The normalized spacial score (nSPS) is 23.2. The summed E-state index contributed by atoms with van der Waals surface area (Å²) >= 11 is 0. The van der Waals surface area contributed by atoms with Gasteiger partial charge in [-0.1, -0.05) is 19.3 Å². The van der Waals surface area contributed by atoms with Crippen LogP contribution in [0, 0.1) is 17.2 Å². The minimum atomic E-state index is -4.39. The second kappa shape index (κ2) is 9.18. The molecule has 2 aliphatic rings. The van der Waals surface area contributed by atoms with Gasteiger partial charge in [0, 0.05) is 48.4 Å². The van der Waals surface area contributed by atoms with E-state index in [0.29, 0.717) is 22.2 Å². The Morgan fingerprint density at radius 3 is 2.70 bits per heavy atom. The number of amides is 1. The summed E-state index contributed by atoms with van der Waals surface area (Å²) in [6, 6.07) is 8.12. The van der Waals surface area contributed by atoms with Gasteiger partial charge in [0.1, 0.15) is 6.07 Å². The lowest BCUT2D eigenvalue weighted by Gasteiger charge is -2.41. The molecule has 2 unspecified atom stereocenters. The predicted octanol–water partition coefficient (Wildman–Crippen LogP) is 4.03. The lowest BCUT2D eigenvalue weighted by molar-refractivity contribution is -0.178. The SMILES string of the molecule is N#Cc1ccc(N2CC(NC(=O)CC3(N)CCCCC3)CC(C(F)(F)F)C2)c2cccnc12. The zero-order chi connectivity index (χ0) is 23.6. The molecule has 2 fully saturated rings. The van der Waals surface area contributed by atoms with Crippen molar-refractivity contribution in [2.24, 2.45) is 11.7 Å². The van der Waals surface area contributed by atoms with E-state index in [1.54, 1.807) is 35.4 Å². The molecular formula is C24H28F3N5O. The van der Waals surface area contributed by atoms with Gasteiger partial charge in [-0.25, -0.2) is 0 Å². The summed E-state index contributed by atoms with van der Waals surface area (Å²) < 4.78 is 41.4. The van der Waals surface area contributed by atoms with E-state index in [1.807, 2.05) is 0 Å². The lowest BCUT2D eigenvalue weighted by Crippen LogP contribution is -2.55. The first-order valence-corrected chi connectivity index (χ1v) is 11.4. The van der Waals surface area contributed by atoms with Crippen LogP contribution in [0.1, 0.15) is 50.5 Å². The summed E-state index contributed by atoms with van der Waals surface area (Å²) in [5.41, 5.74) is 7.21. The number of hydrogen-bond acceptors (Lipinski definition) is 5. The number of halogens is 3. The first-order chi connectivity index (χ1) is 15.7. The molecule has 2 atom stereocenters. The van der Waals surface area contributed by atoms with Crippen LogP contribution in [0.2, 0.25) is 0 Å². The van der Waals surface area contributed by atoms with Gasteiger partial charge in [-0.2, -0.15) is 18.4 Å². The first-order valence-electron chi connectivity index (χ1n) is 11.4. The fraction of sp³-hybridized carbons (Fsp3) is 0.542. The smallest absolute Gasteiger partial charge is 0.368 e. The summed E-state index contributed by atoms with van der Waals surface area (Å²) in [6.45, 7) is 0.0262. The number of hydrogen-bond donors (Lipinski definition) is 2. The van der Waals surface area contributed by atoms with E-state index >= 15 is 0 Å². The van der Waals surface area contributed by atoms with E-state index in [2.05, 4.69) is 16.4 Å². The number of anilines is 1. The fourth-order valence-corrected chi connectivity index (χ4v) is 5.19. The Morgan fingerprint density at radius 2 is 2.00 bits per heavy atom. The molecule has 176 valence electrons. The Hall–Kier alpha value is -2.86. The molecule has 4 rings (SSSR count). The number of carbonyl (C=O) groups excluding carboxylic acids is 1. The molecule has 2 heterocycles. The number of fused-ring (bicyclic) bond motifs is 1.